The average Bonchev–Trinajstić information content (AvgIpc) is 2.81. The first kappa shape index (κ1) is 15.5. The summed E-state index contributed by atoms with van der Waals surface area (Å²) < 4.78 is 2.14. The Bertz CT molecular complexity index is 646. The Morgan fingerprint density at radius 2 is 2.14 bits per heavy atom. The van der Waals surface area contributed by atoms with Crippen molar-refractivity contribution in [3.8, 4) is 0 Å². The molecule has 0 aliphatic heterocycles. The summed E-state index contributed by atoms with van der Waals surface area (Å²) in [5.41, 5.74) is 1.77. The monoisotopic (exact) mass is 289 g/mol. The van der Waals surface area contributed by atoms with Gasteiger partial charge in [-0.15, -0.1) is 0 Å². The number of carbonyl (C=O) groups is 1. The molecule has 5 nitrogen and oxygen atoms in total. The van der Waals surface area contributed by atoms with E-state index in [-0.39, 0.29) is 5.56 Å². The molecule has 1 N–H and O–H groups in total. The minimum absolute atomic E-state index is 0.276. The standard InChI is InChI=1S/C16H23N3O2/c1-5-14-17-15-12(16(20)21)7-6-8-13(15)19(14)10-9-18(4)11(2)3/h6-8,11H,5,9-10H2,1-4H3,(H,20,21). The lowest BCUT2D eigenvalue weighted by atomic mass is 10.2. The highest BCUT2D eigenvalue weighted by molar-refractivity contribution is 6.01. The fourth-order valence-electron chi connectivity index (χ4n) is 2.40. The zero-order valence-electron chi connectivity index (χ0n) is 13.1. The normalized spacial score (nSPS) is 11.7. The van der Waals surface area contributed by atoms with Crippen LogP contribution in [0.15, 0.2) is 18.2 Å². The molecule has 0 aliphatic carbocycles. The minimum atomic E-state index is -0.924. The van der Waals surface area contributed by atoms with E-state index in [0.29, 0.717) is 11.6 Å². The third-order valence-corrected chi connectivity index (χ3v) is 3.96. The first-order valence-electron chi connectivity index (χ1n) is 7.37. The third-order valence-electron chi connectivity index (χ3n) is 3.96. The summed E-state index contributed by atoms with van der Waals surface area (Å²) in [6.07, 6.45) is 0.791. The molecule has 0 unspecified atom stereocenters. The molecule has 0 atom stereocenters. The minimum Gasteiger partial charge on any atom is -0.478 e. The lowest BCUT2D eigenvalue weighted by molar-refractivity contribution is 0.0699. The molecule has 21 heavy (non-hydrogen) atoms. The second-order valence-corrected chi connectivity index (χ2v) is 5.59. The van der Waals surface area contributed by atoms with Crippen molar-refractivity contribution in [3.05, 3.63) is 29.6 Å². The molecule has 1 aromatic carbocycles. The first-order valence-corrected chi connectivity index (χ1v) is 7.37. The van der Waals surface area contributed by atoms with Crippen molar-refractivity contribution in [2.45, 2.75) is 39.8 Å². The number of aryl methyl sites for hydroxylation is 1. The fourth-order valence-corrected chi connectivity index (χ4v) is 2.40. The predicted molar refractivity (Wildman–Crippen MR) is 83.8 cm³/mol. The van der Waals surface area contributed by atoms with Crippen LogP contribution in [0.2, 0.25) is 0 Å². The maximum absolute atomic E-state index is 11.3. The molecule has 0 saturated carbocycles. The zero-order chi connectivity index (χ0) is 15.6. The molecule has 0 saturated heterocycles. The Hall–Kier alpha value is -1.88. The van der Waals surface area contributed by atoms with Crippen molar-refractivity contribution >= 4 is 17.0 Å². The molecule has 0 aliphatic rings. The Labute approximate surface area is 125 Å². The van der Waals surface area contributed by atoms with Crippen LogP contribution in [0.5, 0.6) is 0 Å². The van der Waals surface area contributed by atoms with E-state index < -0.39 is 5.97 Å². The molecule has 1 heterocycles. The number of imidazole rings is 1. The van der Waals surface area contributed by atoms with Gasteiger partial charge in [-0.2, -0.15) is 0 Å². The van der Waals surface area contributed by atoms with Gasteiger partial charge in [0.05, 0.1) is 11.1 Å². The topological polar surface area (TPSA) is 58.4 Å². The number of nitrogens with zero attached hydrogens (tertiary/aromatic N) is 3. The maximum Gasteiger partial charge on any atom is 0.337 e. The van der Waals surface area contributed by atoms with E-state index in [0.717, 1.165) is 30.9 Å². The lowest BCUT2D eigenvalue weighted by Gasteiger charge is -2.21. The van der Waals surface area contributed by atoms with Gasteiger partial charge in [-0.1, -0.05) is 13.0 Å². The molecule has 0 amide bonds. The predicted octanol–water partition coefficient (Wildman–Crippen LogP) is 2.64. The molecule has 114 valence electrons. The van der Waals surface area contributed by atoms with Crippen LogP contribution in [0.25, 0.3) is 11.0 Å². The van der Waals surface area contributed by atoms with Gasteiger partial charge in [-0.05, 0) is 33.0 Å². The van der Waals surface area contributed by atoms with E-state index in [2.05, 4.69) is 35.3 Å². The number of aromatic carboxylic acids is 1. The molecular weight excluding hydrogens is 266 g/mol. The molecule has 2 aromatic rings. The molecule has 5 heteroatoms. The van der Waals surface area contributed by atoms with Crippen LogP contribution in [0.3, 0.4) is 0 Å². The van der Waals surface area contributed by atoms with E-state index in [9.17, 15) is 9.90 Å². The third kappa shape index (κ3) is 3.08. The molecule has 0 spiro atoms. The first-order chi connectivity index (χ1) is 9.95. The lowest BCUT2D eigenvalue weighted by Crippen LogP contribution is -2.30. The van der Waals surface area contributed by atoms with Crippen molar-refractivity contribution in [2.24, 2.45) is 0 Å². The van der Waals surface area contributed by atoms with Gasteiger partial charge in [0.25, 0.3) is 0 Å². The fraction of sp³-hybridized carbons (Fsp3) is 0.500. The number of aromatic nitrogens is 2. The van der Waals surface area contributed by atoms with E-state index in [1.807, 2.05) is 13.0 Å². The highest BCUT2D eigenvalue weighted by Crippen LogP contribution is 2.21. The second-order valence-electron chi connectivity index (χ2n) is 5.59. The molecular formula is C16H23N3O2. The van der Waals surface area contributed by atoms with Gasteiger partial charge in [-0.25, -0.2) is 9.78 Å². The number of rotatable bonds is 6. The summed E-state index contributed by atoms with van der Waals surface area (Å²) in [5, 5.41) is 9.29. The van der Waals surface area contributed by atoms with Crippen molar-refractivity contribution in [2.75, 3.05) is 13.6 Å². The van der Waals surface area contributed by atoms with E-state index in [1.54, 1.807) is 12.1 Å². The van der Waals surface area contributed by atoms with Crippen molar-refractivity contribution in [1.82, 2.24) is 14.5 Å². The average molecular weight is 289 g/mol. The quantitative estimate of drug-likeness (QED) is 0.888. The Morgan fingerprint density at radius 1 is 1.43 bits per heavy atom. The molecule has 0 bridgehead atoms. The summed E-state index contributed by atoms with van der Waals surface area (Å²) in [6.45, 7) is 8.10. The van der Waals surface area contributed by atoms with Gasteiger partial charge >= 0.3 is 5.97 Å². The van der Waals surface area contributed by atoms with Crippen LogP contribution in [0.1, 0.15) is 37.0 Å². The van der Waals surface area contributed by atoms with E-state index in [1.165, 1.54) is 0 Å². The van der Waals surface area contributed by atoms with Crippen molar-refractivity contribution in [1.29, 1.82) is 0 Å². The van der Waals surface area contributed by atoms with Crippen molar-refractivity contribution in [3.63, 3.8) is 0 Å². The van der Waals surface area contributed by atoms with E-state index >= 15 is 0 Å². The van der Waals surface area contributed by atoms with Crippen molar-refractivity contribution < 1.29 is 9.90 Å². The van der Waals surface area contributed by atoms with Gasteiger partial charge in [0.15, 0.2) is 0 Å². The summed E-state index contributed by atoms with van der Waals surface area (Å²) >= 11 is 0. The molecule has 0 fully saturated rings. The number of benzene rings is 1. The maximum atomic E-state index is 11.3. The summed E-state index contributed by atoms with van der Waals surface area (Å²) in [6, 6.07) is 5.83. The van der Waals surface area contributed by atoms with Crippen LogP contribution in [0, 0.1) is 0 Å². The van der Waals surface area contributed by atoms with Gasteiger partial charge in [0, 0.05) is 25.6 Å². The summed E-state index contributed by atoms with van der Waals surface area (Å²) in [7, 11) is 2.10. The van der Waals surface area contributed by atoms with Gasteiger partial charge in [0.1, 0.15) is 11.3 Å². The summed E-state index contributed by atoms with van der Waals surface area (Å²) in [4.78, 5) is 18.1. The van der Waals surface area contributed by atoms with Crippen LogP contribution in [-0.2, 0) is 13.0 Å². The second kappa shape index (κ2) is 6.26. The number of carboxylic acids is 1. The molecule has 0 radical (unpaired) electrons. The number of para-hydroxylation sites is 1. The van der Waals surface area contributed by atoms with Gasteiger partial charge in [-0.3, -0.25) is 0 Å². The van der Waals surface area contributed by atoms with Gasteiger partial charge in [0.2, 0.25) is 0 Å². The number of likely N-dealkylation sites (N-methyl/N-ethyl adjacent to an activating group) is 1. The van der Waals surface area contributed by atoms with E-state index in [4.69, 9.17) is 0 Å². The Balaban J connectivity index is 2.42. The van der Waals surface area contributed by atoms with Crippen LogP contribution in [0.4, 0.5) is 0 Å². The van der Waals surface area contributed by atoms with Crippen LogP contribution in [-0.4, -0.2) is 45.2 Å². The highest BCUT2D eigenvalue weighted by Gasteiger charge is 2.16. The highest BCUT2D eigenvalue weighted by atomic mass is 16.4. The number of fused-ring (bicyclic) bond motifs is 1. The van der Waals surface area contributed by atoms with Crippen LogP contribution < -0.4 is 0 Å². The van der Waals surface area contributed by atoms with Gasteiger partial charge < -0.3 is 14.6 Å². The smallest absolute Gasteiger partial charge is 0.337 e. The Morgan fingerprint density at radius 3 is 2.71 bits per heavy atom. The molecule has 2 rings (SSSR count). The summed E-state index contributed by atoms with van der Waals surface area (Å²) in [5.74, 6) is 0.0167. The Kier molecular flexibility index (Phi) is 4.63. The largest absolute Gasteiger partial charge is 0.478 e. The van der Waals surface area contributed by atoms with Crippen LogP contribution >= 0.6 is 0 Å². The SMILES string of the molecule is CCc1nc2c(C(=O)O)cccc2n1CCN(C)C(C)C. The number of hydrogen-bond acceptors (Lipinski definition) is 3. The number of carboxylic acid groups (broad SMARTS) is 1. The number of hydrogen-bond donors (Lipinski definition) is 1. The zero-order valence-corrected chi connectivity index (χ0v) is 13.1. The molecule has 1 aromatic heterocycles.